The van der Waals surface area contributed by atoms with Crippen LogP contribution in [0.4, 0.5) is 5.69 Å². The van der Waals surface area contributed by atoms with Crippen molar-refractivity contribution in [1.29, 1.82) is 0 Å². The molecular weight excluding hydrogens is 262 g/mol. The molecule has 1 fully saturated rings. The number of carbonyl (C=O) groups is 1. The maximum absolute atomic E-state index is 12.2. The van der Waals surface area contributed by atoms with Crippen molar-refractivity contribution in [3.63, 3.8) is 0 Å². The molecular formula is C17H25N3O. The van der Waals surface area contributed by atoms with Gasteiger partial charge in [0.1, 0.15) is 0 Å². The zero-order valence-electron chi connectivity index (χ0n) is 12.8. The van der Waals surface area contributed by atoms with Crippen LogP contribution in [-0.2, 0) is 11.2 Å². The Hall–Kier alpha value is -1.55. The number of carbonyl (C=O) groups excluding carboxylic acids is 1. The number of nitrogens with one attached hydrogen (secondary N) is 1. The molecule has 4 nitrogen and oxygen atoms in total. The molecule has 1 unspecified atom stereocenters. The lowest BCUT2D eigenvalue weighted by Crippen LogP contribution is -2.40. The summed E-state index contributed by atoms with van der Waals surface area (Å²) in [6.07, 6.45) is 5.78. The van der Waals surface area contributed by atoms with Gasteiger partial charge in [-0.15, -0.1) is 0 Å². The fraction of sp³-hybridized carbons (Fsp3) is 0.588. The van der Waals surface area contributed by atoms with Gasteiger partial charge in [-0.2, -0.15) is 0 Å². The maximum atomic E-state index is 12.2. The summed E-state index contributed by atoms with van der Waals surface area (Å²) in [7, 11) is 0. The van der Waals surface area contributed by atoms with Crippen LogP contribution in [0.1, 0.15) is 49.8 Å². The number of benzene rings is 1. The van der Waals surface area contributed by atoms with Crippen LogP contribution < -0.4 is 16.0 Å². The van der Waals surface area contributed by atoms with Crippen LogP contribution in [0.3, 0.4) is 0 Å². The SMILES string of the molecule is CC(N)c1ccc2c(c1)CCN2CC(=O)NC1CCCC1. The Kier molecular flexibility index (Phi) is 4.15. The van der Waals surface area contributed by atoms with E-state index in [1.807, 2.05) is 6.92 Å². The van der Waals surface area contributed by atoms with Gasteiger partial charge in [-0.1, -0.05) is 25.0 Å². The fourth-order valence-electron chi connectivity index (χ4n) is 3.45. The van der Waals surface area contributed by atoms with Gasteiger partial charge >= 0.3 is 0 Å². The van der Waals surface area contributed by atoms with E-state index < -0.39 is 0 Å². The number of rotatable bonds is 4. The van der Waals surface area contributed by atoms with E-state index in [0.717, 1.165) is 25.8 Å². The van der Waals surface area contributed by atoms with Crippen molar-refractivity contribution < 1.29 is 4.79 Å². The first-order valence-corrected chi connectivity index (χ1v) is 8.06. The van der Waals surface area contributed by atoms with Crippen LogP contribution in [0, 0.1) is 0 Å². The van der Waals surface area contributed by atoms with Gasteiger partial charge < -0.3 is 16.0 Å². The zero-order chi connectivity index (χ0) is 14.8. The molecule has 1 amide bonds. The molecule has 3 rings (SSSR count). The van der Waals surface area contributed by atoms with Crippen molar-refractivity contribution in [2.45, 2.75) is 51.1 Å². The summed E-state index contributed by atoms with van der Waals surface area (Å²) in [6, 6.07) is 6.85. The Morgan fingerprint density at radius 1 is 1.43 bits per heavy atom. The van der Waals surface area contributed by atoms with Gasteiger partial charge in [0, 0.05) is 24.3 Å². The standard InChI is InChI=1S/C17H25N3O/c1-12(18)13-6-7-16-14(10-13)8-9-20(16)11-17(21)19-15-4-2-3-5-15/h6-7,10,12,15H,2-5,8-9,11,18H2,1H3,(H,19,21). The molecule has 4 heteroatoms. The zero-order valence-corrected chi connectivity index (χ0v) is 12.8. The number of hydrogen-bond donors (Lipinski definition) is 2. The van der Waals surface area contributed by atoms with Gasteiger partial charge in [0.25, 0.3) is 0 Å². The third kappa shape index (κ3) is 3.21. The van der Waals surface area contributed by atoms with E-state index in [1.54, 1.807) is 0 Å². The van der Waals surface area contributed by atoms with E-state index in [-0.39, 0.29) is 11.9 Å². The summed E-state index contributed by atoms with van der Waals surface area (Å²) in [5.41, 5.74) is 9.62. The number of nitrogens with two attached hydrogens (primary N) is 1. The third-order valence-corrected chi connectivity index (χ3v) is 4.68. The third-order valence-electron chi connectivity index (χ3n) is 4.68. The Morgan fingerprint density at radius 2 is 2.19 bits per heavy atom. The summed E-state index contributed by atoms with van der Waals surface area (Å²) >= 11 is 0. The predicted octanol–water partition coefficient (Wildman–Crippen LogP) is 2.13. The highest BCUT2D eigenvalue weighted by atomic mass is 16.2. The molecule has 0 aromatic heterocycles. The topological polar surface area (TPSA) is 58.4 Å². The molecule has 1 aliphatic carbocycles. The predicted molar refractivity (Wildman–Crippen MR) is 85.4 cm³/mol. The molecule has 114 valence electrons. The minimum atomic E-state index is 0.0648. The Balaban J connectivity index is 1.62. The lowest BCUT2D eigenvalue weighted by Gasteiger charge is -2.21. The monoisotopic (exact) mass is 287 g/mol. The van der Waals surface area contributed by atoms with Crippen molar-refractivity contribution in [2.75, 3.05) is 18.0 Å². The first-order valence-electron chi connectivity index (χ1n) is 8.06. The number of amides is 1. The van der Waals surface area contributed by atoms with E-state index >= 15 is 0 Å². The van der Waals surface area contributed by atoms with Crippen molar-refractivity contribution in [2.24, 2.45) is 5.73 Å². The number of fused-ring (bicyclic) bond motifs is 1. The van der Waals surface area contributed by atoms with E-state index in [9.17, 15) is 4.79 Å². The quantitative estimate of drug-likeness (QED) is 0.892. The van der Waals surface area contributed by atoms with Crippen LogP contribution in [0.15, 0.2) is 18.2 Å². The summed E-state index contributed by atoms with van der Waals surface area (Å²) < 4.78 is 0. The van der Waals surface area contributed by atoms with E-state index in [0.29, 0.717) is 12.6 Å². The van der Waals surface area contributed by atoms with Crippen LogP contribution in [0.25, 0.3) is 0 Å². The van der Waals surface area contributed by atoms with Crippen LogP contribution in [0.5, 0.6) is 0 Å². The van der Waals surface area contributed by atoms with E-state index in [2.05, 4.69) is 28.4 Å². The molecule has 0 bridgehead atoms. The molecule has 1 aromatic carbocycles. The molecule has 1 saturated carbocycles. The highest BCUT2D eigenvalue weighted by Crippen LogP contribution is 2.30. The summed E-state index contributed by atoms with van der Waals surface area (Å²) in [4.78, 5) is 14.4. The molecule has 0 spiro atoms. The average Bonchev–Trinajstić information content (AvgIpc) is 3.08. The van der Waals surface area contributed by atoms with Gasteiger partial charge in [0.2, 0.25) is 5.91 Å². The van der Waals surface area contributed by atoms with Gasteiger partial charge in [0.15, 0.2) is 0 Å². The Bertz CT molecular complexity index is 521. The number of hydrogen-bond acceptors (Lipinski definition) is 3. The highest BCUT2D eigenvalue weighted by molar-refractivity contribution is 5.82. The molecule has 0 radical (unpaired) electrons. The number of anilines is 1. The largest absolute Gasteiger partial charge is 0.362 e. The molecule has 1 aliphatic heterocycles. The number of nitrogens with zero attached hydrogens (tertiary/aromatic N) is 1. The first kappa shape index (κ1) is 14.4. The van der Waals surface area contributed by atoms with E-state index in [1.165, 1.54) is 29.7 Å². The minimum absolute atomic E-state index is 0.0648. The van der Waals surface area contributed by atoms with Crippen molar-refractivity contribution in [1.82, 2.24) is 5.32 Å². The second kappa shape index (κ2) is 6.06. The first-order chi connectivity index (χ1) is 10.1. The van der Waals surface area contributed by atoms with Crippen molar-refractivity contribution in [3.8, 4) is 0 Å². The Morgan fingerprint density at radius 3 is 2.90 bits per heavy atom. The molecule has 21 heavy (non-hydrogen) atoms. The summed E-state index contributed by atoms with van der Waals surface area (Å²) in [5.74, 6) is 0.158. The van der Waals surface area contributed by atoms with Crippen LogP contribution >= 0.6 is 0 Å². The van der Waals surface area contributed by atoms with Crippen LogP contribution in [-0.4, -0.2) is 25.0 Å². The van der Waals surface area contributed by atoms with Gasteiger partial charge in [-0.3, -0.25) is 4.79 Å². The lowest BCUT2D eigenvalue weighted by molar-refractivity contribution is -0.120. The fourth-order valence-corrected chi connectivity index (χ4v) is 3.45. The van der Waals surface area contributed by atoms with Crippen LogP contribution in [0.2, 0.25) is 0 Å². The molecule has 1 aromatic rings. The van der Waals surface area contributed by atoms with Crippen molar-refractivity contribution >= 4 is 11.6 Å². The van der Waals surface area contributed by atoms with Gasteiger partial charge in [-0.05, 0) is 43.4 Å². The summed E-state index contributed by atoms with van der Waals surface area (Å²) in [6.45, 7) is 3.40. The smallest absolute Gasteiger partial charge is 0.239 e. The molecule has 0 saturated heterocycles. The normalized spacial score (nSPS) is 19.6. The maximum Gasteiger partial charge on any atom is 0.239 e. The van der Waals surface area contributed by atoms with Crippen molar-refractivity contribution in [3.05, 3.63) is 29.3 Å². The molecule has 2 aliphatic rings. The lowest BCUT2D eigenvalue weighted by atomic mass is 10.0. The van der Waals surface area contributed by atoms with E-state index in [4.69, 9.17) is 5.73 Å². The Labute approximate surface area is 126 Å². The van der Waals surface area contributed by atoms with Gasteiger partial charge in [-0.25, -0.2) is 0 Å². The average molecular weight is 287 g/mol. The minimum Gasteiger partial charge on any atom is -0.362 e. The summed E-state index contributed by atoms with van der Waals surface area (Å²) in [5, 5.41) is 3.17. The molecule has 3 N–H and O–H groups in total. The molecule has 1 heterocycles. The highest BCUT2D eigenvalue weighted by Gasteiger charge is 2.23. The van der Waals surface area contributed by atoms with Gasteiger partial charge in [0.05, 0.1) is 6.54 Å². The second-order valence-electron chi connectivity index (χ2n) is 6.40. The second-order valence-corrected chi connectivity index (χ2v) is 6.40. The molecule has 1 atom stereocenters.